The molecule has 1 aromatic rings. The van der Waals surface area contributed by atoms with Crippen molar-refractivity contribution in [3.05, 3.63) is 24.1 Å². The average molecular weight is 479 g/mol. The third-order valence-electron chi connectivity index (χ3n) is 3.78. The van der Waals surface area contributed by atoms with Crippen LogP contribution in [0.3, 0.4) is 0 Å². The molecule has 146 valence electrons. The summed E-state index contributed by atoms with van der Waals surface area (Å²) in [6.45, 7) is 5.45. The number of aliphatic imine (C=N–C) groups is 1. The van der Waals surface area contributed by atoms with Gasteiger partial charge in [-0.05, 0) is 32.4 Å². The number of esters is 1. The zero-order chi connectivity index (χ0) is 18.2. The van der Waals surface area contributed by atoms with Gasteiger partial charge in [-0.3, -0.25) is 9.79 Å². The number of hydrogen-bond acceptors (Lipinski definition) is 5. The van der Waals surface area contributed by atoms with E-state index >= 15 is 0 Å². The van der Waals surface area contributed by atoms with Crippen molar-refractivity contribution in [1.29, 1.82) is 0 Å². The Morgan fingerprint density at radius 1 is 1.54 bits per heavy atom. The van der Waals surface area contributed by atoms with Crippen molar-refractivity contribution in [3.8, 4) is 0 Å². The van der Waals surface area contributed by atoms with E-state index in [1.165, 1.54) is 6.07 Å². The summed E-state index contributed by atoms with van der Waals surface area (Å²) in [7, 11) is 1.67. The molecule has 2 rings (SSSR count). The Labute approximate surface area is 170 Å². The molecule has 0 radical (unpaired) electrons. The molecule has 2 N–H and O–H groups in total. The van der Waals surface area contributed by atoms with E-state index in [4.69, 9.17) is 4.74 Å². The molecule has 1 unspecified atom stereocenters. The van der Waals surface area contributed by atoms with Crippen LogP contribution in [0.1, 0.15) is 26.7 Å². The predicted molar refractivity (Wildman–Crippen MR) is 111 cm³/mol. The van der Waals surface area contributed by atoms with Crippen LogP contribution in [0.4, 0.5) is 10.2 Å². The van der Waals surface area contributed by atoms with Gasteiger partial charge in [-0.2, -0.15) is 0 Å². The number of nitrogens with zero attached hydrogens (tertiary/aromatic N) is 3. The number of nitrogens with one attached hydrogen (secondary N) is 2. The number of halogens is 2. The maximum Gasteiger partial charge on any atom is 0.307 e. The third-order valence-corrected chi connectivity index (χ3v) is 3.78. The Morgan fingerprint density at radius 2 is 2.31 bits per heavy atom. The second-order valence-electron chi connectivity index (χ2n) is 6.17. The number of aromatic nitrogens is 1. The molecular formula is C17H27FIN5O2. The Kier molecular flexibility index (Phi) is 9.60. The summed E-state index contributed by atoms with van der Waals surface area (Å²) in [5.41, 5.74) is 0. The molecule has 1 saturated heterocycles. The Balaban J connectivity index is 0.00000338. The second-order valence-corrected chi connectivity index (χ2v) is 6.17. The minimum atomic E-state index is -0.311. The van der Waals surface area contributed by atoms with E-state index < -0.39 is 0 Å². The first-order chi connectivity index (χ1) is 12.0. The molecule has 1 aliphatic rings. The molecule has 0 saturated carbocycles. The molecule has 0 bridgehead atoms. The summed E-state index contributed by atoms with van der Waals surface area (Å²) in [5.74, 6) is 0.446. The summed E-state index contributed by atoms with van der Waals surface area (Å²) < 4.78 is 18.9. The fourth-order valence-corrected chi connectivity index (χ4v) is 2.67. The summed E-state index contributed by atoms with van der Waals surface area (Å²) in [6, 6.07) is 3.13. The predicted octanol–water partition coefficient (Wildman–Crippen LogP) is 1.92. The van der Waals surface area contributed by atoms with Gasteiger partial charge in [0.1, 0.15) is 0 Å². The van der Waals surface area contributed by atoms with Crippen LogP contribution in [0, 0.1) is 5.82 Å². The Morgan fingerprint density at radius 3 is 2.96 bits per heavy atom. The van der Waals surface area contributed by atoms with Crippen LogP contribution in [0.2, 0.25) is 0 Å². The average Bonchev–Trinajstić information content (AvgIpc) is 3.02. The molecule has 2 heterocycles. The molecule has 0 spiro atoms. The van der Waals surface area contributed by atoms with E-state index in [0.717, 1.165) is 13.0 Å². The first-order valence-electron chi connectivity index (χ1n) is 8.51. The van der Waals surface area contributed by atoms with Crippen molar-refractivity contribution in [3.63, 3.8) is 0 Å². The highest BCUT2D eigenvalue weighted by Gasteiger charge is 2.25. The third kappa shape index (κ3) is 6.93. The van der Waals surface area contributed by atoms with Crippen LogP contribution < -0.4 is 15.5 Å². The highest BCUT2D eigenvalue weighted by atomic mass is 127. The van der Waals surface area contributed by atoms with Crippen LogP contribution >= 0.6 is 24.0 Å². The molecule has 1 aromatic heterocycles. The van der Waals surface area contributed by atoms with Crippen molar-refractivity contribution in [2.75, 3.05) is 31.6 Å². The van der Waals surface area contributed by atoms with Gasteiger partial charge in [0, 0.05) is 38.9 Å². The monoisotopic (exact) mass is 479 g/mol. The van der Waals surface area contributed by atoms with Gasteiger partial charge >= 0.3 is 5.97 Å². The number of rotatable bonds is 6. The second kappa shape index (κ2) is 11.1. The lowest BCUT2D eigenvalue weighted by molar-refractivity contribution is -0.147. The minimum absolute atomic E-state index is 0. The van der Waals surface area contributed by atoms with Gasteiger partial charge in [-0.15, -0.1) is 24.0 Å². The van der Waals surface area contributed by atoms with E-state index in [-0.39, 0.29) is 54.3 Å². The van der Waals surface area contributed by atoms with E-state index in [1.807, 2.05) is 18.7 Å². The summed E-state index contributed by atoms with van der Waals surface area (Å²) >= 11 is 0. The van der Waals surface area contributed by atoms with E-state index in [0.29, 0.717) is 24.9 Å². The van der Waals surface area contributed by atoms with Gasteiger partial charge in [-0.25, -0.2) is 9.37 Å². The lowest BCUT2D eigenvalue weighted by Crippen LogP contribution is -2.45. The van der Waals surface area contributed by atoms with Crippen molar-refractivity contribution < 1.29 is 13.9 Å². The maximum absolute atomic E-state index is 13.8. The van der Waals surface area contributed by atoms with E-state index in [1.54, 1.807) is 19.3 Å². The molecule has 26 heavy (non-hydrogen) atoms. The summed E-state index contributed by atoms with van der Waals surface area (Å²) in [5, 5.41) is 6.39. The van der Waals surface area contributed by atoms with Gasteiger partial charge in [0.25, 0.3) is 0 Å². The van der Waals surface area contributed by atoms with Crippen LogP contribution in [-0.4, -0.2) is 55.7 Å². The lowest BCUT2D eigenvalue weighted by Gasteiger charge is -2.20. The van der Waals surface area contributed by atoms with Crippen LogP contribution in [0.25, 0.3) is 0 Å². The minimum Gasteiger partial charge on any atom is -0.463 e. The van der Waals surface area contributed by atoms with Crippen LogP contribution in [0.5, 0.6) is 0 Å². The van der Waals surface area contributed by atoms with E-state index in [2.05, 4.69) is 20.6 Å². The Hall–Kier alpha value is -1.65. The van der Waals surface area contributed by atoms with Gasteiger partial charge in [0.05, 0.1) is 12.5 Å². The molecule has 0 aromatic carbocycles. The molecular weight excluding hydrogens is 452 g/mol. The zero-order valence-corrected chi connectivity index (χ0v) is 17.7. The van der Waals surface area contributed by atoms with Crippen molar-refractivity contribution in [2.24, 2.45) is 4.99 Å². The molecule has 1 aliphatic heterocycles. The number of ether oxygens (including phenoxy) is 1. The Bertz CT molecular complexity index is 615. The number of hydrogen-bond donors (Lipinski definition) is 2. The normalized spacial score (nSPS) is 17.0. The molecule has 1 atom stereocenters. The van der Waals surface area contributed by atoms with Crippen LogP contribution in [0.15, 0.2) is 23.3 Å². The van der Waals surface area contributed by atoms with Gasteiger partial charge in [-0.1, -0.05) is 0 Å². The standard InChI is InChI=1S/C17H26FN5O2.HI/c1-12(2)25-15(24)6-9-21-17(19-3)22-13-7-10-23(11-13)16-14(18)5-4-8-20-16;/h4-5,8,12-13H,6-7,9-11H2,1-3H3,(H2,19,21,22);1H. The van der Waals surface area contributed by atoms with Gasteiger partial charge in [0.15, 0.2) is 17.6 Å². The van der Waals surface area contributed by atoms with Crippen LogP contribution in [-0.2, 0) is 9.53 Å². The van der Waals surface area contributed by atoms with Crippen molar-refractivity contribution >= 4 is 41.7 Å². The molecule has 9 heteroatoms. The SMILES string of the molecule is CN=C(NCCC(=O)OC(C)C)NC1CCN(c2ncccc2F)C1.I. The number of guanidine groups is 1. The fraction of sp³-hybridized carbons (Fsp3) is 0.588. The summed E-state index contributed by atoms with van der Waals surface area (Å²) in [4.78, 5) is 21.7. The molecule has 0 amide bonds. The number of anilines is 1. The lowest BCUT2D eigenvalue weighted by atomic mass is 10.3. The first-order valence-corrected chi connectivity index (χ1v) is 8.51. The topological polar surface area (TPSA) is 78.8 Å². The highest BCUT2D eigenvalue weighted by Crippen LogP contribution is 2.20. The number of carbonyl (C=O) groups excluding carboxylic acids is 1. The van der Waals surface area contributed by atoms with Gasteiger partial charge < -0.3 is 20.3 Å². The highest BCUT2D eigenvalue weighted by molar-refractivity contribution is 14.0. The zero-order valence-electron chi connectivity index (χ0n) is 15.4. The first kappa shape index (κ1) is 22.4. The van der Waals surface area contributed by atoms with E-state index in [9.17, 15) is 9.18 Å². The number of pyridine rings is 1. The quantitative estimate of drug-likeness (QED) is 0.281. The molecule has 0 aliphatic carbocycles. The van der Waals surface area contributed by atoms with Gasteiger partial charge in [0.2, 0.25) is 0 Å². The largest absolute Gasteiger partial charge is 0.463 e. The maximum atomic E-state index is 13.8. The summed E-state index contributed by atoms with van der Waals surface area (Å²) in [6.07, 6.45) is 2.61. The smallest absolute Gasteiger partial charge is 0.307 e. The van der Waals surface area contributed by atoms with Crippen molar-refractivity contribution in [1.82, 2.24) is 15.6 Å². The fourth-order valence-electron chi connectivity index (χ4n) is 2.67. The molecule has 1 fully saturated rings. The molecule has 7 nitrogen and oxygen atoms in total. The van der Waals surface area contributed by atoms with Crippen molar-refractivity contribution in [2.45, 2.75) is 38.8 Å². The number of carbonyl (C=O) groups is 1.